The maximum Gasteiger partial charge on any atom is 0.322 e. The number of esters is 1. The van der Waals surface area contributed by atoms with Crippen LogP contribution in [0, 0.1) is 0 Å². The Morgan fingerprint density at radius 3 is 2.77 bits per heavy atom. The summed E-state index contributed by atoms with van der Waals surface area (Å²) in [4.78, 5) is 25.4. The van der Waals surface area contributed by atoms with Crippen molar-refractivity contribution in [2.24, 2.45) is 0 Å². The maximum absolute atomic E-state index is 12.3. The molecule has 1 aliphatic heterocycles. The lowest BCUT2D eigenvalue weighted by molar-refractivity contribution is -0.144. The van der Waals surface area contributed by atoms with Gasteiger partial charge in [-0.25, -0.2) is 0 Å². The van der Waals surface area contributed by atoms with E-state index in [1.54, 1.807) is 11.8 Å². The molecule has 1 atom stereocenters. The van der Waals surface area contributed by atoms with Crippen LogP contribution in [0.1, 0.15) is 50.5 Å². The topological polar surface area (TPSA) is 43.4 Å². The number of unbranched alkanes of at least 4 members (excludes halogenated alkanes) is 2. The van der Waals surface area contributed by atoms with Gasteiger partial charge in [0.25, 0.3) is 0 Å². The van der Waals surface area contributed by atoms with E-state index in [-0.39, 0.29) is 10.7 Å². The molecule has 0 spiro atoms. The van der Waals surface area contributed by atoms with E-state index in [0.29, 0.717) is 12.5 Å². The van der Waals surface area contributed by atoms with Crippen molar-refractivity contribution in [3.8, 4) is 0 Å². The Hall–Kier alpha value is 0.480. The molecule has 3 rings (SSSR count). The Balaban J connectivity index is 1.56. The molecule has 0 amide bonds. The van der Waals surface area contributed by atoms with Crippen LogP contribution in [0.5, 0.6) is 0 Å². The summed E-state index contributed by atoms with van der Waals surface area (Å²) < 4.78 is 6.98. The van der Waals surface area contributed by atoms with Crippen LogP contribution in [-0.4, -0.2) is 37.7 Å². The van der Waals surface area contributed by atoms with Gasteiger partial charge in [0.2, 0.25) is 4.74 Å². The predicted octanol–water partition coefficient (Wildman–Crippen LogP) is 7.31. The third kappa shape index (κ3) is 7.48. The number of alkyl halides is 2. The van der Waals surface area contributed by atoms with Crippen LogP contribution in [0.15, 0.2) is 34.0 Å². The molecule has 31 heavy (non-hydrogen) atoms. The molecule has 1 aliphatic rings. The highest BCUT2D eigenvalue weighted by Gasteiger charge is 2.30. The first-order chi connectivity index (χ1) is 14.9. The van der Waals surface area contributed by atoms with E-state index in [1.165, 1.54) is 46.6 Å². The molecule has 0 saturated carbocycles. The van der Waals surface area contributed by atoms with Crippen LogP contribution in [0.25, 0.3) is 10.1 Å². The van der Waals surface area contributed by atoms with Crippen LogP contribution >= 0.6 is 80.0 Å². The molecule has 1 aromatic carbocycles. The summed E-state index contributed by atoms with van der Waals surface area (Å²) in [7, 11) is 0. The van der Waals surface area contributed by atoms with Crippen LogP contribution in [0.4, 0.5) is 0 Å². The molecular weight excluding hydrogens is 674 g/mol. The molecule has 0 radical (unpaired) electrons. The lowest BCUT2D eigenvalue weighted by atomic mass is 9.91. The Kier molecular flexibility index (Phi) is 10.8. The van der Waals surface area contributed by atoms with Gasteiger partial charge >= 0.3 is 5.97 Å². The monoisotopic (exact) mass is 702 g/mol. The zero-order valence-corrected chi connectivity index (χ0v) is 24.4. The zero-order valence-electron chi connectivity index (χ0n) is 17.7. The van der Waals surface area contributed by atoms with E-state index in [9.17, 15) is 9.59 Å². The number of thioether (sulfide) groups is 2. The molecule has 0 aliphatic carbocycles. The van der Waals surface area contributed by atoms with Crippen molar-refractivity contribution < 1.29 is 9.53 Å². The fraction of sp³-hybridized carbons (Fsp3) is 0.565. The number of hydrogen-bond donors (Lipinski definition) is 0. The number of hydrogen-bond acceptors (Lipinski definition) is 6. The van der Waals surface area contributed by atoms with E-state index in [2.05, 4.69) is 63.4 Å². The van der Waals surface area contributed by atoms with Gasteiger partial charge in [0, 0.05) is 25.5 Å². The second-order valence-electron chi connectivity index (χ2n) is 7.91. The third-order valence-electron chi connectivity index (χ3n) is 5.38. The van der Waals surface area contributed by atoms with Gasteiger partial charge in [0.15, 0.2) is 0 Å². The first kappa shape index (κ1) is 26.1. The van der Waals surface area contributed by atoms with Crippen LogP contribution < -0.4 is 4.74 Å². The van der Waals surface area contributed by atoms with Crippen LogP contribution in [0.3, 0.4) is 0 Å². The Labute approximate surface area is 224 Å². The van der Waals surface area contributed by atoms with Gasteiger partial charge in [-0.05, 0) is 73.8 Å². The highest BCUT2D eigenvalue weighted by atomic mass is 127. The average Bonchev–Trinajstić information content (AvgIpc) is 2.78. The van der Waals surface area contributed by atoms with Gasteiger partial charge in [-0.3, -0.25) is 9.59 Å². The summed E-state index contributed by atoms with van der Waals surface area (Å²) in [6, 6.07) is 8.32. The fourth-order valence-corrected chi connectivity index (χ4v) is 7.32. The largest absolute Gasteiger partial charge is 0.465 e. The van der Waals surface area contributed by atoms with Crippen LogP contribution in [-0.2, 0) is 9.53 Å². The van der Waals surface area contributed by atoms with Gasteiger partial charge in [-0.15, -0.1) is 11.8 Å². The molecule has 1 saturated heterocycles. The van der Waals surface area contributed by atoms with Gasteiger partial charge in [0.05, 0.1) is 6.61 Å². The molecule has 1 fully saturated rings. The van der Waals surface area contributed by atoms with Gasteiger partial charge in [-0.1, -0.05) is 68.7 Å². The van der Waals surface area contributed by atoms with Crippen molar-refractivity contribution >= 4 is 96.1 Å². The molecule has 8 heteroatoms. The maximum atomic E-state index is 12.3. The number of rotatable bonds is 10. The average molecular weight is 702 g/mol. The van der Waals surface area contributed by atoms with E-state index < -0.39 is 3.42 Å². The van der Waals surface area contributed by atoms with E-state index in [1.807, 2.05) is 24.8 Å². The van der Waals surface area contributed by atoms with E-state index >= 15 is 0 Å². The number of carbonyl (C=O) groups excluding carboxylic acids is 1. The summed E-state index contributed by atoms with van der Waals surface area (Å²) in [5.74, 6) is 3.92. The summed E-state index contributed by atoms with van der Waals surface area (Å²) >= 11 is 9.61. The number of ether oxygens (including phenoxy) is 1. The summed E-state index contributed by atoms with van der Waals surface area (Å²) in [5.41, 5.74) is 1.43. The molecule has 1 aromatic heterocycles. The number of benzene rings is 1. The second-order valence-corrected chi connectivity index (χ2v) is 14.5. The minimum Gasteiger partial charge on any atom is -0.465 e. The smallest absolute Gasteiger partial charge is 0.322 e. The molecule has 0 bridgehead atoms. The van der Waals surface area contributed by atoms with Crippen molar-refractivity contribution in [1.82, 2.24) is 0 Å². The molecule has 170 valence electrons. The highest BCUT2D eigenvalue weighted by molar-refractivity contribution is 14.1. The quantitative estimate of drug-likeness (QED) is 0.0855. The SMILES string of the molecule is CC(I)(CI)C(=O)OCCCCCSc1cc(=O)sc2cccc(C3CCSCC3)c12. The second kappa shape index (κ2) is 12.8. The minimum absolute atomic E-state index is 0.120. The summed E-state index contributed by atoms with van der Waals surface area (Å²) in [5, 5.41) is 1.31. The lowest BCUT2D eigenvalue weighted by Crippen LogP contribution is -2.32. The third-order valence-corrected chi connectivity index (χ3v) is 12.2. The Morgan fingerprint density at radius 1 is 1.26 bits per heavy atom. The lowest BCUT2D eigenvalue weighted by Gasteiger charge is -2.23. The molecular formula is C23H28I2O3S3. The van der Waals surface area contributed by atoms with Crippen molar-refractivity contribution in [2.75, 3.05) is 28.3 Å². The molecule has 2 aromatic rings. The Morgan fingerprint density at radius 2 is 2.03 bits per heavy atom. The predicted molar refractivity (Wildman–Crippen MR) is 154 cm³/mol. The first-order valence-electron chi connectivity index (χ1n) is 10.6. The number of halogens is 2. The minimum atomic E-state index is -0.436. The van der Waals surface area contributed by atoms with Crippen molar-refractivity contribution in [3.05, 3.63) is 39.4 Å². The normalized spacial score (nSPS) is 16.9. The molecule has 2 heterocycles. The Bertz CT molecular complexity index is 939. The highest BCUT2D eigenvalue weighted by Crippen LogP contribution is 2.39. The van der Waals surface area contributed by atoms with Crippen molar-refractivity contribution in [3.63, 3.8) is 0 Å². The fourth-order valence-electron chi connectivity index (χ4n) is 3.61. The molecule has 0 N–H and O–H groups in total. The van der Waals surface area contributed by atoms with Gasteiger partial charge in [0.1, 0.15) is 3.42 Å². The van der Waals surface area contributed by atoms with Crippen molar-refractivity contribution in [2.45, 2.75) is 53.3 Å². The molecule has 3 nitrogen and oxygen atoms in total. The van der Waals surface area contributed by atoms with Gasteiger partial charge < -0.3 is 4.74 Å². The standard InChI is InChI=1S/C23H28I2O3S3/c1-23(25,15-24)22(27)28-10-3-2-4-11-30-19-14-20(26)31-18-7-5-6-17(21(18)19)16-8-12-29-13-9-16/h5-7,14,16H,2-4,8-13,15H2,1H3. The van der Waals surface area contributed by atoms with Crippen molar-refractivity contribution in [1.29, 1.82) is 0 Å². The van der Waals surface area contributed by atoms with Crippen LogP contribution in [0.2, 0.25) is 0 Å². The summed E-state index contributed by atoms with van der Waals surface area (Å²) in [6.07, 6.45) is 5.41. The summed E-state index contributed by atoms with van der Waals surface area (Å²) in [6.45, 7) is 2.40. The van der Waals surface area contributed by atoms with E-state index in [4.69, 9.17) is 4.74 Å². The van der Waals surface area contributed by atoms with Gasteiger partial charge in [-0.2, -0.15) is 11.8 Å². The number of fused-ring (bicyclic) bond motifs is 1. The zero-order chi connectivity index (χ0) is 22.3. The number of carbonyl (C=O) groups is 1. The van der Waals surface area contributed by atoms with E-state index in [0.717, 1.165) is 39.0 Å². The molecule has 1 unspecified atom stereocenters. The first-order valence-corrected chi connectivity index (χ1v) is 16.2.